The summed E-state index contributed by atoms with van der Waals surface area (Å²) in [4.78, 5) is 13.8. The Hall–Kier alpha value is -1.15. The molecule has 0 unspecified atom stereocenters. The first-order valence-electron chi connectivity index (χ1n) is 5.12. The van der Waals surface area contributed by atoms with Gasteiger partial charge in [-0.2, -0.15) is 10.2 Å². The fourth-order valence-electron chi connectivity index (χ4n) is 1.50. The minimum atomic E-state index is -0.162. The molecule has 6 nitrogen and oxygen atoms in total. The van der Waals surface area contributed by atoms with Gasteiger partial charge in [0.2, 0.25) is 0 Å². The number of aromatic amines is 1. The van der Waals surface area contributed by atoms with Gasteiger partial charge in [0.05, 0.1) is 16.7 Å². The third-order valence-electron chi connectivity index (χ3n) is 2.54. The number of aryl methyl sites for hydroxylation is 1. The minimum absolute atomic E-state index is 0.162. The smallest absolute Gasteiger partial charge is 0.275 e. The Labute approximate surface area is 121 Å². The molecule has 0 aromatic carbocycles. The van der Waals surface area contributed by atoms with Crippen LogP contribution >= 0.6 is 31.9 Å². The van der Waals surface area contributed by atoms with Gasteiger partial charge in [0.1, 0.15) is 4.60 Å². The lowest BCUT2D eigenvalue weighted by Crippen LogP contribution is -2.27. The van der Waals surface area contributed by atoms with Crippen LogP contribution in [0.15, 0.2) is 21.3 Å². The van der Waals surface area contributed by atoms with Gasteiger partial charge in [-0.25, -0.2) is 0 Å². The van der Waals surface area contributed by atoms with Gasteiger partial charge in [-0.15, -0.1) is 0 Å². The van der Waals surface area contributed by atoms with Gasteiger partial charge in [-0.05, 0) is 37.9 Å². The average Bonchev–Trinajstić information content (AvgIpc) is 2.87. The van der Waals surface area contributed by atoms with Crippen LogP contribution in [-0.2, 0) is 13.6 Å². The molecule has 18 heavy (non-hydrogen) atoms. The lowest BCUT2D eigenvalue weighted by molar-refractivity contribution is 0.0775. The fraction of sp³-hybridized carbons (Fsp3) is 0.300. The maximum Gasteiger partial charge on any atom is 0.275 e. The highest BCUT2D eigenvalue weighted by molar-refractivity contribution is 9.13. The quantitative estimate of drug-likeness (QED) is 0.890. The summed E-state index contributed by atoms with van der Waals surface area (Å²) in [6, 6.07) is 1.87. The Morgan fingerprint density at radius 2 is 2.28 bits per heavy atom. The van der Waals surface area contributed by atoms with Crippen LogP contribution in [0.4, 0.5) is 0 Å². The molecule has 0 aliphatic rings. The van der Waals surface area contributed by atoms with Crippen LogP contribution in [0.1, 0.15) is 16.2 Å². The normalized spacial score (nSPS) is 10.7. The number of halogens is 2. The van der Waals surface area contributed by atoms with Crippen molar-refractivity contribution >= 4 is 37.8 Å². The SMILES string of the molecule is CN(Cc1ccnn1C)C(=O)c1n[nH]c(Br)c1Br. The van der Waals surface area contributed by atoms with Crippen LogP contribution < -0.4 is 0 Å². The topological polar surface area (TPSA) is 66.8 Å². The first-order chi connectivity index (χ1) is 8.50. The predicted molar refractivity (Wildman–Crippen MR) is 73.0 cm³/mol. The molecular formula is C10H11Br2N5O. The number of carbonyl (C=O) groups excluding carboxylic acids is 1. The summed E-state index contributed by atoms with van der Waals surface area (Å²) in [5.74, 6) is -0.162. The van der Waals surface area contributed by atoms with Crippen molar-refractivity contribution in [2.75, 3.05) is 7.05 Å². The lowest BCUT2D eigenvalue weighted by atomic mass is 10.3. The Morgan fingerprint density at radius 3 is 2.78 bits per heavy atom. The monoisotopic (exact) mass is 375 g/mol. The van der Waals surface area contributed by atoms with E-state index in [9.17, 15) is 4.79 Å². The summed E-state index contributed by atoms with van der Waals surface area (Å²) in [6.07, 6.45) is 1.70. The van der Waals surface area contributed by atoms with Crippen LogP contribution in [0.3, 0.4) is 0 Å². The van der Waals surface area contributed by atoms with Crippen molar-refractivity contribution in [3.63, 3.8) is 0 Å². The molecule has 96 valence electrons. The van der Waals surface area contributed by atoms with Gasteiger partial charge in [-0.1, -0.05) is 0 Å². The van der Waals surface area contributed by atoms with Gasteiger partial charge in [0, 0.05) is 20.3 Å². The molecule has 0 aliphatic heterocycles. The van der Waals surface area contributed by atoms with Crippen molar-refractivity contribution in [2.24, 2.45) is 7.05 Å². The zero-order chi connectivity index (χ0) is 13.3. The highest BCUT2D eigenvalue weighted by Crippen LogP contribution is 2.24. The number of nitrogens with zero attached hydrogens (tertiary/aromatic N) is 4. The number of hydrogen-bond donors (Lipinski definition) is 1. The van der Waals surface area contributed by atoms with E-state index in [1.165, 1.54) is 0 Å². The van der Waals surface area contributed by atoms with E-state index in [1.54, 1.807) is 22.8 Å². The molecule has 8 heteroatoms. The van der Waals surface area contributed by atoms with E-state index in [2.05, 4.69) is 47.2 Å². The molecule has 0 spiro atoms. The predicted octanol–water partition coefficient (Wildman–Crippen LogP) is 1.94. The lowest BCUT2D eigenvalue weighted by Gasteiger charge is -2.16. The van der Waals surface area contributed by atoms with Crippen LogP contribution in [0, 0.1) is 0 Å². The Kier molecular flexibility index (Phi) is 3.86. The zero-order valence-corrected chi connectivity index (χ0v) is 13.0. The second kappa shape index (κ2) is 5.23. The van der Waals surface area contributed by atoms with Crippen molar-refractivity contribution in [3.05, 3.63) is 32.7 Å². The number of H-pyrrole nitrogens is 1. The maximum absolute atomic E-state index is 12.2. The third kappa shape index (κ3) is 2.49. The molecule has 1 amide bonds. The van der Waals surface area contributed by atoms with E-state index >= 15 is 0 Å². The molecule has 2 aromatic rings. The first-order valence-corrected chi connectivity index (χ1v) is 6.71. The summed E-state index contributed by atoms with van der Waals surface area (Å²) < 4.78 is 3.02. The van der Waals surface area contributed by atoms with E-state index in [0.717, 1.165) is 5.69 Å². The molecule has 1 N–H and O–H groups in total. The van der Waals surface area contributed by atoms with E-state index in [1.807, 2.05) is 13.1 Å². The molecule has 0 radical (unpaired) electrons. The standard InChI is InChI=1S/C10H11Br2N5O/c1-16(5-6-3-4-13-17(6)2)10(18)8-7(11)9(12)15-14-8/h3-4H,5H2,1-2H3,(H,14,15). The van der Waals surface area contributed by atoms with Crippen molar-refractivity contribution < 1.29 is 4.79 Å². The number of carbonyl (C=O) groups is 1. The zero-order valence-electron chi connectivity index (χ0n) is 9.81. The van der Waals surface area contributed by atoms with E-state index in [4.69, 9.17) is 0 Å². The van der Waals surface area contributed by atoms with Crippen molar-refractivity contribution in [1.82, 2.24) is 24.9 Å². The molecule has 2 aromatic heterocycles. The second-order valence-electron chi connectivity index (χ2n) is 3.81. The number of hydrogen-bond acceptors (Lipinski definition) is 3. The third-order valence-corrected chi connectivity index (χ3v) is 4.42. The van der Waals surface area contributed by atoms with Gasteiger partial charge in [0.25, 0.3) is 5.91 Å². The molecule has 0 saturated heterocycles. The van der Waals surface area contributed by atoms with Gasteiger partial charge in [0.15, 0.2) is 5.69 Å². The van der Waals surface area contributed by atoms with Crippen LogP contribution in [0.25, 0.3) is 0 Å². The van der Waals surface area contributed by atoms with Crippen LogP contribution in [0.2, 0.25) is 0 Å². The van der Waals surface area contributed by atoms with Crippen molar-refractivity contribution in [1.29, 1.82) is 0 Å². The summed E-state index contributed by atoms with van der Waals surface area (Å²) >= 11 is 6.56. The number of nitrogens with one attached hydrogen (secondary N) is 1. The summed E-state index contributed by atoms with van der Waals surface area (Å²) in [5, 5.41) is 10.7. The average molecular weight is 377 g/mol. The molecule has 0 saturated carbocycles. The molecular weight excluding hydrogens is 366 g/mol. The van der Waals surface area contributed by atoms with Crippen LogP contribution in [-0.4, -0.2) is 37.8 Å². The van der Waals surface area contributed by atoms with E-state index in [-0.39, 0.29) is 5.91 Å². The summed E-state index contributed by atoms with van der Waals surface area (Å²) in [6.45, 7) is 0.478. The summed E-state index contributed by atoms with van der Waals surface area (Å²) in [7, 11) is 3.57. The molecule has 0 aliphatic carbocycles. The second-order valence-corrected chi connectivity index (χ2v) is 5.39. The van der Waals surface area contributed by atoms with E-state index < -0.39 is 0 Å². The maximum atomic E-state index is 12.2. The fourth-order valence-corrected chi connectivity index (χ4v) is 2.12. The largest absolute Gasteiger partial charge is 0.334 e. The Bertz CT molecular complexity index is 577. The Morgan fingerprint density at radius 1 is 1.56 bits per heavy atom. The molecule has 2 heterocycles. The molecule has 2 rings (SSSR count). The number of amides is 1. The first kappa shape index (κ1) is 13.3. The number of aromatic nitrogens is 4. The molecule has 0 atom stereocenters. The number of rotatable bonds is 3. The highest BCUT2D eigenvalue weighted by Gasteiger charge is 2.20. The minimum Gasteiger partial charge on any atom is -0.334 e. The Balaban J connectivity index is 2.15. The highest BCUT2D eigenvalue weighted by atomic mass is 79.9. The van der Waals surface area contributed by atoms with Crippen LogP contribution in [0.5, 0.6) is 0 Å². The van der Waals surface area contributed by atoms with Gasteiger partial charge in [-0.3, -0.25) is 14.6 Å². The van der Waals surface area contributed by atoms with E-state index in [0.29, 0.717) is 21.3 Å². The summed E-state index contributed by atoms with van der Waals surface area (Å²) in [5.41, 5.74) is 1.31. The molecule has 0 fully saturated rings. The van der Waals surface area contributed by atoms with Crippen molar-refractivity contribution in [2.45, 2.75) is 6.54 Å². The van der Waals surface area contributed by atoms with Crippen molar-refractivity contribution in [3.8, 4) is 0 Å². The van der Waals surface area contributed by atoms with Gasteiger partial charge < -0.3 is 4.90 Å². The van der Waals surface area contributed by atoms with Gasteiger partial charge >= 0.3 is 0 Å². The molecule has 0 bridgehead atoms.